The Balaban J connectivity index is 3.01. The predicted molar refractivity (Wildman–Crippen MR) is 31.4 cm³/mol. The van der Waals surface area contributed by atoms with Crippen molar-refractivity contribution in [1.82, 2.24) is 0 Å². The second-order valence-electron chi connectivity index (χ2n) is 2.04. The average Bonchev–Trinajstić information content (AvgIpc) is 1.63. The molecule has 0 amide bonds. The zero-order valence-corrected chi connectivity index (χ0v) is 5.72. The molecule has 0 unspecified atom stereocenters. The lowest BCUT2D eigenvalue weighted by Crippen LogP contribution is -2.07. The van der Waals surface area contributed by atoms with Gasteiger partial charge >= 0.3 is 5.97 Å². The lowest BCUT2D eigenvalue weighted by molar-refractivity contribution is -0.144. The third-order valence-corrected chi connectivity index (χ3v) is 0.757. The molecule has 0 heterocycles. The molecular formula is C6H11O3. The van der Waals surface area contributed by atoms with Crippen molar-refractivity contribution in [2.24, 2.45) is 0 Å². The third kappa shape index (κ3) is 7.43. The molecule has 0 aliphatic heterocycles. The molecule has 0 aliphatic carbocycles. The summed E-state index contributed by atoms with van der Waals surface area (Å²) in [6, 6.07) is 0. The molecule has 0 aromatic rings. The molecule has 0 atom stereocenters. The van der Waals surface area contributed by atoms with Crippen LogP contribution in [-0.2, 0) is 14.6 Å². The van der Waals surface area contributed by atoms with Crippen molar-refractivity contribution in [1.29, 1.82) is 0 Å². The van der Waals surface area contributed by atoms with Gasteiger partial charge < -0.3 is 4.74 Å². The summed E-state index contributed by atoms with van der Waals surface area (Å²) in [5.74, 6) is -1.06. The molecule has 9 heavy (non-hydrogen) atoms. The summed E-state index contributed by atoms with van der Waals surface area (Å²) in [6.45, 7) is 3.96. The van der Waals surface area contributed by atoms with E-state index in [2.05, 4.69) is 0 Å². The van der Waals surface area contributed by atoms with Crippen LogP contribution in [0, 0.1) is 0 Å². The topological polar surface area (TPSA) is 46.2 Å². The fourth-order valence-corrected chi connectivity index (χ4v) is 0.378. The molecular weight excluding hydrogens is 120 g/mol. The molecule has 53 valence electrons. The Morgan fingerprint density at radius 3 is 2.44 bits per heavy atom. The molecule has 0 aromatic carbocycles. The van der Waals surface area contributed by atoms with Gasteiger partial charge in [-0.1, -0.05) is 0 Å². The average molecular weight is 131 g/mol. The number of carbonyl (C=O) groups excluding carboxylic acids is 1. The smallest absolute Gasteiger partial charge is 0.357 e. The Hall–Kier alpha value is -0.570. The van der Waals surface area contributed by atoms with E-state index in [1.165, 1.54) is 0 Å². The van der Waals surface area contributed by atoms with Crippen LogP contribution in [-0.4, -0.2) is 18.7 Å². The summed E-state index contributed by atoms with van der Waals surface area (Å²) >= 11 is 0. The minimum atomic E-state index is -1.06. The first-order chi connectivity index (χ1) is 4.13. The highest BCUT2D eigenvalue weighted by atomic mass is 16.5. The van der Waals surface area contributed by atoms with Crippen molar-refractivity contribution in [3.8, 4) is 0 Å². The second-order valence-corrected chi connectivity index (χ2v) is 2.04. The van der Waals surface area contributed by atoms with Gasteiger partial charge in [0, 0.05) is 0 Å². The summed E-state index contributed by atoms with van der Waals surface area (Å²) in [4.78, 5) is 9.79. The molecule has 0 saturated carbocycles. The van der Waals surface area contributed by atoms with E-state index in [0.717, 1.165) is 0 Å². The standard InChI is InChI=1S/C6H11O3/c1-5(2)9-4-3-6(7)8/h5H,3-4H2,1-2H3. The Morgan fingerprint density at radius 1 is 1.56 bits per heavy atom. The predicted octanol–water partition coefficient (Wildman–Crippen LogP) is 0.759. The number of rotatable bonds is 4. The molecule has 3 nitrogen and oxygen atoms in total. The lowest BCUT2D eigenvalue weighted by Gasteiger charge is -2.03. The van der Waals surface area contributed by atoms with Gasteiger partial charge in [0.1, 0.15) is 0 Å². The maximum atomic E-state index is 9.79. The van der Waals surface area contributed by atoms with Crippen LogP contribution in [0.2, 0.25) is 0 Å². The van der Waals surface area contributed by atoms with Gasteiger partial charge in [0.2, 0.25) is 0 Å². The van der Waals surface area contributed by atoms with Crippen LogP contribution in [0.4, 0.5) is 0 Å². The number of ether oxygens (including phenoxy) is 1. The molecule has 0 saturated heterocycles. The highest BCUT2D eigenvalue weighted by Crippen LogP contribution is 1.89. The summed E-state index contributed by atoms with van der Waals surface area (Å²) in [7, 11) is 0. The Kier molecular flexibility index (Phi) is 4.05. The van der Waals surface area contributed by atoms with E-state index in [0.29, 0.717) is 0 Å². The van der Waals surface area contributed by atoms with Crippen molar-refractivity contribution in [2.75, 3.05) is 6.61 Å². The van der Waals surface area contributed by atoms with Crippen molar-refractivity contribution in [3.63, 3.8) is 0 Å². The van der Waals surface area contributed by atoms with Gasteiger partial charge in [-0.15, -0.1) is 0 Å². The van der Waals surface area contributed by atoms with Crippen molar-refractivity contribution < 1.29 is 14.6 Å². The van der Waals surface area contributed by atoms with Crippen LogP contribution in [0.25, 0.3) is 0 Å². The van der Waals surface area contributed by atoms with E-state index < -0.39 is 5.97 Å². The van der Waals surface area contributed by atoms with Gasteiger partial charge in [-0.05, 0) is 13.8 Å². The number of carbonyl (C=O) groups is 1. The largest absolute Gasteiger partial charge is 0.378 e. The molecule has 0 fully saturated rings. The molecule has 1 radical (unpaired) electrons. The van der Waals surface area contributed by atoms with Crippen molar-refractivity contribution in [3.05, 3.63) is 0 Å². The fraction of sp³-hybridized carbons (Fsp3) is 0.833. The molecule has 0 aliphatic rings. The molecule has 0 spiro atoms. The summed E-state index contributed by atoms with van der Waals surface area (Å²) < 4.78 is 4.93. The minimum Gasteiger partial charge on any atom is -0.378 e. The van der Waals surface area contributed by atoms with Crippen LogP contribution in [0.1, 0.15) is 20.3 Å². The Bertz CT molecular complexity index is 88.3. The first-order valence-electron chi connectivity index (χ1n) is 2.94. The maximum absolute atomic E-state index is 9.79. The van der Waals surface area contributed by atoms with E-state index in [-0.39, 0.29) is 19.1 Å². The zero-order chi connectivity index (χ0) is 7.28. The van der Waals surface area contributed by atoms with Crippen LogP contribution in [0.15, 0.2) is 0 Å². The monoisotopic (exact) mass is 131 g/mol. The first kappa shape index (κ1) is 8.43. The quantitative estimate of drug-likeness (QED) is 0.565. The zero-order valence-electron chi connectivity index (χ0n) is 5.72. The van der Waals surface area contributed by atoms with Gasteiger partial charge in [-0.2, -0.15) is 0 Å². The van der Waals surface area contributed by atoms with E-state index in [1.54, 1.807) is 0 Å². The van der Waals surface area contributed by atoms with Crippen LogP contribution >= 0.6 is 0 Å². The normalized spacial score (nSPS) is 10.1. The molecule has 3 heteroatoms. The maximum Gasteiger partial charge on any atom is 0.357 e. The van der Waals surface area contributed by atoms with E-state index in [1.807, 2.05) is 13.8 Å². The van der Waals surface area contributed by atoms with E-state index >= 15 is 0 Å². The van der Waals surface area contributed by atoms with Crippen LogP contribution in [0.3, 0.4) is 0 Å². The fourth-order valence-electron chi connectivity index (χ4n) is 0.378. The highest BCUT2D eigenvalue weighted by Gasteiger charge is 1.99. The van der Waals surface area contributed by atoms with Crippen LogP contribution in [0.5, 0.6) is 0 Å². The lowest BCUT2D eigenvalue weighted by atomic mass is 10.4. The van der Waals surface area contributed by atoms with Gasteiger partial charge in [0.05, 0.1) is 19.1 Å². The second kappa shape index (κ2) is 4.32. The number of hydrogen-bond acceptors (Lipinski definition) is 2. The summed E-state index contributed by atoms with van der Waals surface area (Å²) in [6.07, 6.45) is 0.0856. The van der Waals surface area contributed by atoms with Gasteiger partial charge in [-0.25, -0.2) is 9.90 Å². The van der Waals surface area contributed by atoms with E-state index in [4.69, 9.17) is 4.74 Å². The van der Waals surface area contributed by atoms with Crippen molar-refractivity contribution >= 4 is 5.97 Å². The molecule has 0 bridgehead atoms. The van der Waals surface area contributed by atoms with E-state index in [9.17, 15) is 9.90 Å². The first-order valence-corrected chi connectivity index (χ1v) is 2.94. The molecule has 0 aromatic heterocycles. The Labute approximate surface area is 54.6 Å². The third-order valence-electron chi connectivity index (χ3n) is 0.757. The van der Waals surface area contributed by atoms with Gasteiger partial charge in [0.25, 0.3) is 0 Å². The molecule has 0 rings (SSSR count). The van der Waals surface area contributed by atoms with Crippen molar-refractivity contribution in [2.45, 2.75) is 26.4 Å². The van der Waals surface area contributed by atoms with Crippen LogP contribution < -0.4 is 0 Å². The Morgan fingerprint density at radius 2 is 2.11 bits per heavy atom. The molecule has 0 N–H and O–H groups in total. The SMILES string of the molecule is CC(C)OCCC([O])=O. The summed E-state index contributed by atoms with van der Waals surface area (Å²) in [5, 5.41) is 9.79. The highest BCUT2D eigenvalue weighted by molar-refractivity contribution is 5.66. The van der Waals surface area contributed by atoms with Gasteiger partial charge in [0.15, 0.2) is 0 Å². The number of hydrogen-bond donors (Lipinski definition) is 0. The summed E-state index contributed by atoms with van der Waals surface area (Å²) in [5.41, 5.74) is 0. The minimum absolute atomic E-state index is 0.0157. The van der Waals surface area contributed by atoms with Gasteiger partial charge in [-0.3, -0.25) is 0 Å².